The number of piperidine rings is 1. The smallest absolute Gasteiger partial charge is 0.227 e. The van der Waals surface area contributed by atoms with Crippen LogP contribution in [0, 0.1) is 0 Å². The van der Waals surface area contributed by atoms with Crippen molar-refractivity contribution in [2.75, 3.05) is 32.8 Å². The van der Waals surface area contributed by atoms with Crippen LogP contribution in [-0.2, 0) is 17.6 Å². The Kier molecular flexibility index (Phi) is 3.78. The van der Waals surface area contributed by atoms with Gasteiger partial charge in [0.2, 0.25) is 5.91 Å². The molecule has 0 bridgehead atoms. The molecule has 118 valence electrons. The van der Waals surface area contributed by atoms with Gasteiger partial charge in [-0.2, -0.15) is 0 Å². The molecule has 0 unspecified atom stereocenters. The molecule has 3 aliphatic heterocycles. The summed E-state index contributed by atoms with van der Waals surface area (Å²) < 4.78 is 5.53. The summed E-state index contributed by atoms with van der Waals surface area (Å²) in [5.41, 5.74) is 2.38. The lowest BCUT2D eigenvalue weighted by molar-refractivity contribution is -0.134. The highest BCUT2D eigenvalue weighted by molar-refractivity contribution is 5.79. The number of rotatable bonds is 2. The van der Waals surface area contributed by atoms with Crippen molar-refractivity contribution in [3.8, 4) is 5.75 Å². The molecule has 4 heteroatoms. The number of nitrogens with zero attached hydrogens (tertiary/aromatic N) is 2. The number of piperazine rings is 1. The maximum atomic E-state index is 12.6. The van der Waals surface area contributed by atoms with Crippen LogP contribution in [0.1, 0.15) is 30.4 Å². The highest BCUT2D eigenvalue weighted by Crippen LogP contribution is 2.26. The van der Waals surface area contributed by atoms with E-state index in [1.165, 1.54) is 31.4 Å². The zero-order valence-electron chi connectivity index (χ0n) is 13.1. The fourth-order valence-electron chi connectivity index (χ4n) is 4.02. The van der Waals surface area contributed by atoms with E-state index in [1.807, 2.05) is 12.1 Å². The fraction of sp³-hybridized carbons (Fsp3) is 0.611. The molecule has 0 saturated carbocycles. The first kappa shape index (κ1) is 14.1. The lowest BCUT2D eigenvalue weighted by Gasteiger charge is -2.44. The Balaban J connectivity index is 1.39. The number of amides is 1. The minimum atomic E-state index is 0.282. The van der Waals surface area contributed by atoms with Crippen molar-refractivity contribution >= 4 is 5.91 Å². The van der Waals surface area contributed by atoms with E-state index in [9.17, 15) is 4.79 Å². The number of fused-ring (bicyclic) bond motifs is 2. The lowest BCUT2D eigenvalue weighted by Crippen LogP contribution is -2.56. The van der Waals surface area contributed by atoms with E-state index in [2.05, 4.69) is 15.9 Å². The molecule has 1 aromatic carbocycles. The van der Waals surface area contributed by atoms with E-state index in [4.69, 9.17) is 4.74 Å². The van der Waals surface area contributed by atoms with Crippen LogP contribution in [-0.4, -0.2) is 54.5 Å². The van der Waals surface area contributed by atoms with Crippen molar-refractivity contribution in [2.24, 2.45) is 0 Å². The Morgan fingerprint density at radius 2 is 2.18 bits per heavy atom. The highest BCUT2D eigenvalue weighted by atomic mass is 16.5. The van der Waals surface area contributed by atoms with Gasteiger partial charge in [0.1, 0.15) is 5.75 Å². The minimum absolute atomic E-state index is 0.282. The number of carbonyl (C=O) groups is 1. The summed E-state index contributed by atoms with van der Waals surface area (Å²) >= 11 is 0. The summed E-state index contributed by atoms with van der Waals surface area (Å²) in [5.74, 6) is 1.27. The van der Waals surface area contributed by atoms with Crippen LogP contribution in [0.3, 0.4) is 0 Å². The molecule has 1 amide bonds. The normalized spacial score (nSPS) is 24.5. The lowest BCUT2D eigenvalue weighted by atomic mass is 9.99. The Bertz CT molecular complexity index is 572. The fourth-order valence-corrected chi connectivity index (χ4v) is 4.02. The molecule has 4 rings (SSSR count). The maximum Gasteiger partial charge on any atom is 0.227 e. The van der Waals surface area contributed by atoms with Crippen LogP contribution in [0.15, 0.2) is 18.2 Å². The van der Waals surface area contributed by atoms with Gasteiger partial charge in [-0.25, -0.2) is 0 Å². The second kappa shape index (κ2) is 5.92. The van der Waals surface area contributed by atoms with Gasteiger partial charge in [0.05, 0.1) is 13.0 Å². The number of ether oxygens (including phenoxy) is 1. The molecule has 3 heterocycles. The summed E-state index contributed by atoms with van der Waals surface area (Å²) in [6.45, 7) is 4.86. The largest absolute Gasteiger partial charge is 0.493 e. The van der Waals surface area contributed by atoms with E-state index in [1.54, 1.807) is 0 Å². The number of hydrogen-bond donors (Lipinski definition) is 0. The first-order chi connectivity index (χ1) is 10.8. The predicted molar refractivity (Wildman–Crippen MR) is 85.1 cm³/mol. The van der Waals surface area contributed by atoms with Gasteiger partial charge >= 0.3 is 0 Å². The van der Waals surface area contributed by atoms with Crippen LogP contribution in [0.5, 0.6) is 5.75 Å². The van der Waals surface area contributed by atoms with E-state index in [0.717, 1.165) is 44.0 Å². The third-order valence-corrected chi connectivity index (χ3v) is 5.30. The molecule has 0 aromatic heterocycles. The molecule has 0 radical (unpaired) electrons. The van der Waals surface area contributed by atoms with Crippen LogP contribution < -0.4 is 4.74 Å². The van der Waals surface area contributed by atoms with Crippen LogP contribution in [0.25, 0.3) is 0 Å². The van der Waals surface area contributed by atoms with Gasteiger partial charge in [0, 0.05) is 32.1 Å². The average Bonchev–Trinajstić information content (AvgIpc) is 3.02. The number of benzene rings is 1. The molecule has 2 fully saturated rings. The Hall–Kier alpha value is -1.55. The quantitative estimate of drug-likeness (QED) is 0.836. The monoisotopic (exact) mass is 300 g/mol. The van der Waals surface area contributed by atoms with Gasteiger partial charge in [0.25, 0.3) is 0 Å². The minimum Gasteiger partial charge on any atom is -0.493 e. The van der Waals surface area contributed by atoms with E-state index < -0.39 is 0 Å². The first-order valence-electron chi connectivity index (χ1n) is 8.56. The molecule has 1 atom stereocenters. The van der Waals surface area contributed by atoms with Gasteiger partial charge in [-0.05, 0) is 36.6 Å². The van der Waals surface area contributed by atoms with Crippen molar-refractivity contribution in [1.82, 2.24) is 9.80 Å². The van der Waals surface area contributed by atoms with Crippen molar-refractivity contribution in [2.45, 2.75) is 38.1 Å². The SMILES string of the molecule is O=C(Cc1ccc2c(c1)CCO2)N1CCN2CCCC[C@H]2C1. The van der Waals surface area contributed by atoms with Crippen LogP contribution in [0.2, 0.25) is 0 Å². The van der Waals surface area contributed by atoms with Gasteiger partial charge < -0.3 is 9.64 Å². The molecule has 3 aliphatic rings. The van der Waals surface area contributed by atoms with Crippen molar-refractivity contribution in [3.05, 3.63) is 29.3 Å². The maximum absolute atomic E-state index is 12.6. The van der Waals surface area contributed by atoms with E-state index in [-0.39, 0.29) is 5.91 Å². The summed E-state index contributed by atoms with van der Waals surface area (Å²) in [6, 6.07) is 6.81. The molecule has 0 aliphatic carbocycles. The third-order valence-electron chi connectivity index (χ3n) is 5.30. The van der Waals surface area contributed by atoms with Crippen molar-refractivity contribution < 1.29 is 9.53 Å². The predicted octanol–water partition coefficient (Wildman–Crippen LogP) is 1.86. The van der Waals surface area contributed by atoms with Gasteiger partial charge in [-0.15, -0.1) is 0 Å². The topological polar surface area (TPSA) is 32.8 Å². The summed E-state index contributed by atoms with van der Waals surface area (Å²) in [7, 11) is 0. The summed E-state index contributed by atoms with van der Waals surface area (Å²) in [5, 5.41) is 0. The molecule has 1 aromatic rings. The number of carbonyl (C=O) groups excluding carboxylic acids is 1. The zero-order chi connectivity index (χ0) is 14.9. The number of hydrogen-bond acceptors (Lipinski definition) is 3. The zero-order valence-corrected chi connectivity index (χ0v) is 13.1. The van der Waals surface area contributed by atoms with E-state index in [0.29, 0.717) is 12.5 Å². The molecule has 0 N–H and O–H groups in total. The van der Waals surface area contributed by atoms with Crippen LogP contribution >= 0.6 is 0 Å². The average molecular weight is 300 g/mol. The highest BCUT2D eigenvalue weighted by Gasteiger charge is 2.30. The third kappa shape index (κ3) is 2.72. The Morgan fingerprint density at radius 1 is 1.23 bits per heavy atom. The Labute approximate surface area is 132 Å². The molecule has 4 nitrogen and oxygen atoms in total. The van der Waals surface area contributed by atoms with Gasteiger partial charge in [-0.3, -0.25) is 9.69 Å². The summed E-state index contributed by atoms with van der Waals surface area (Å²) in [6.07, 6.45) is 5.38. The second-order valence-corrected chi connectivity index (χ2v) is 6.74. The first-order valence-corrected chi connectivity index (χ1v) is 8.56. The van der Waals surface area contributed by atoms with Gasteiger partial charge in [-0.1, -0.05) is 18.6 Å². The van der Waals surface area contributed by atoms with Gasteiger partial charge in [0.15, 0.2) is 0 Å². The van der Waals surface area contributed by atoms with Crippen LogP contribution in [0.4, 0.5) is 0 Å². The second-order valence-electron chi connectivity index (χ2n) is 6.74. The van der Waals surface area contributed by atoms with Crippen molar-refractivity contribution in [3.63, 3.8) is 0 Å². The standard InChI is InChI=1S/C18H24N2O2/c21-18(12-14-4-5-17-15(11-14)6-10-22-17)20-9-8-19-7-2-1-3-16(19)13-20/h4-5,11,16H,1-3,6-10,12-13H2/t16-/m0/s1. The molecular formula is C18H24N2O2. The van der Waals surface area contributed by atoms with Crippen molar-refractivity contribution in [1.29, 1.82) is 0 Å². The molecule has 0 spiro atoms. The molecule has 2 saturated heterocycles. The molecule has 22 heavy (non-hydrogen) atoms. The summed E-state index contributed by atoms with van der Waals surface area (Å²) in [4.78, 5) is 17.3. The molecular weight excluding hydrogens is 276 g/mol. The Morgan fingerprint density at radius 3 is 3.14 bits per heavy atom. The van der Waals surface area contributed by atoms with E-state index >= 15 is 0 Å².